The van der Waals surface area contributed by atoms with E-state index in [0.29, 0.717) is 0 Å². The first-order valence-electron chi connectivity index (χ1n) is 5.18. The molecule has 0 N–H and O–H groups in total. The van der Waals surface area contributed by atoms with Gasteiger partial charge in [-0.3, -0.25) is 5.01 Å². The summed E-state index contributed by atoms with van der Waals surface area (Å²) in [6, 6.07) is 0. The molecule has 2 heteroatoms. The van der Waals surface area contributed by atoms with Gasteiger partial charge in [-0.25, -0.2) is 0 Å². The van der Waals surface area contributed by atoms with Gasteiger partial charge in [-0.1, -0.05) is 27.4 Å². The molecule has 0 saturated carbocycles. The summed E-state index contributed by atoms with van der Waals surface area (Å²) in [6.45, 7) is 17.2. The third-order valence-corrected chi connectivity index (χ3v) is 2.39. The maximum Gasteiger partial charge on any atom is 0.0546 e. The van der Waals surface area contributed by atoms with Crippen molar-refractivity contribution in [2.24, 2.45) is 10.5 Å². The standard InChI is InChI=1S/C12H22N2/c1-9-8-10(11(2,3)4)13-14(9)12(5,6)7/h1,8H2,2-7H3. The minimum absolute atomic E-state index is 0.0457. The van der Waals surface area contributed by atoms with E-state index in [1.165, 1.54) is 5.71 Å². The minimum atomic E-state index is 0.0457. The zero-order valence-electron chi connectivity index (χ0n) is 10.3. The molecule has 0 bridgehead atoms. The van der Waals surface area contributed by atoms with Crippen LogP contribution in [0, 0.1) is 5.41 Å². The predicted octanol–water partition coefficient (Wildman–Crippen LogP) is 3.41. The highest BCUT2D eigenvalue weighted by molar-refractivity contribution is 5.92. The van der Waals surface area contributed by atoms with E-state index in [1.54, 1.807) is 0 Å². The molecule has 14 heavy (non-hydrogen) atoms. The molecule has 0 amide bonds. The van der Waals surface area contributed by atoms with Crippen molar-refractivity contribution in [1.29, 1.82) is 0 Å². The highest BCUT2D eigenvalue weighted by Crippen LogP contribution is 2.32. The zero-order chi connectivity index (χ0) is 11.1. The summed E-state index contributed by atoms with van der Waals surface area (Å²) < 4.78 is 0. The molecule has 0 atom stereocenters. The van der Waals surface area contributed by atoms with Crippen LogP contribution < -0.4 is 0 Å². The maximum absolute atomic E-state index is 4.66. The fourth-order valence-electron chi connectivity index (χ4n) is 1.53. The topological polar surface area (TPSA) is 15.6 Å². The second-order valence-corrected chi connectivity index (χ2v) is 6.02. The lowest BCUT2D eigenvalue weighted by Gasteiger charge is -2.30. The quantitative estimate of drug-likeness (QED) is 0.577. The lowest BCUT2D eigenvalue weighted by Crippen LogP contribution is -2.34. The second-order valence-electron chi connectivity index (χ2n) is 6.02. The van der Waals surface area contributed by atoms with Crippen molar-refractivity contribution in [3.05, 3.63) is 12.3 Å². The number of allylic oxidation sites excluding steroid dienone is 1. The molecular formula is C12H22N2. The molecule has 0 aromatic rings. The van der Waals surface area contributed by atoms with Gasteiger partial charge in [0, 0.05) is 23.2 Å². The van der Waals surface area contributed by atoms with Crippen LogP contribution in [0.25, 0.3) is 0 Å². The number of hydrazone groups is 1. The number of nitrogens with zero attached hydrogens (tertiary/aromatic N) is 2. The van der Waals surface area contributed by atoms with E-state index in [4.69, 9.17) is 0 Å². The summed E-state index contributed by atoms with van der Waals surface area (Å²) in [6.07, 6.45) is 0.917. The molecule has 0 spiro atoms. The molecule has 80 valence electrons. The summed E-state index contributed by atoms with van der Waals surface area (Å²) >= 11 is 0. The first-order chi connectivity index (χ1) is 6.12. The Morgan fingerprint density at radius 2 is 1.64 bits per heavy atom. The monoisotopic (exact) mass is 194 g/mol. The van der Waals surface area contributed by atoms with Crippen LogP contribution in [0.1, 0.15) is 48.0 Å². The van der Waals surface area contributed by atoms with Crippen LogP contribution in [0.2, 0.25) is 0 Å². The molecule has 0 radical (unpaired) electrons. The van der Waals surface area contributed by atoms with Gasteiger partial charge in [-0.05, 0) is 20.8 Å². The zero-order valence-corrected chi connectivity index (χ0v) is 10.3. The molecule has 0 fully saturated rings. The van der Waals surface area contributed by atoms with Gasteiger partial charge >= 0.3 is 0 Å². The molecule has 1 aliphatic heterocycles. The van der Waals surface area contributed by atoms with E-state index in [2.05, 4.69) is 53.2 Å². The van der Waals surface area contributed by atoms with Gasteiger partial charge in [-0.15, -0.1) is 0 Å². The van der Waals surface area contributed by atoms with Crippen molar-refractivity contribution in [2.75, 3.05) is 0 Å². The van der Waals surface area contributed by atoms with Crippen LogP contribution in [0.5, 0.6) is 0 Å². The Morgan fingerprint density at radius 3 is 1.86 bits per heavy atom. The Hall–Kier alpha value is -0.790. The van der Waals surface area contributed by atoms with Crippen molar-refractivity contribution in [3.8, 4) is 0 Å². The van der Waals surface area contributed by atoms with Crippen molar-refractivity contribution in [3.63, 3.8) is 0 Å². The highest BCUT2D eigenvalue weighted by Gasteiger charge is 2.32. The molecule has 2 nitrogen and oxygen atoms in total. The molecule has 1 aliphatic rings. The minimum Gasteiger partial charge on any atom is -0.265 e. The molecule has 0 aromatic carbocycles. The summed E-state index contributed by atoms with van der Waals surface area (Å²) in [5.74, 6) is 0. The van der Waals surface area contributed by atoms with E-state index in [1.807, 2.05) is 5.01 Å². The third-order valence-electron chi connectivity index (χ3n) is 2.39. The van der Waals surface area contributed by atoms with E-state index in [9.17, 15) is 0 Å². The van der Waals surface area contributed by atoms with E-state index in [0.717, 1.165) is 12.1 Å². The Balaban J connectivity index is 2.94. The summed E-state index contributed by atoms with van der Waals surface area (Å²) in [5.41, 5.74) is 2.55. The van der Waals surface area contributed by atoms with Crippen LogP contribution in [-0.2, 0) is 0 Å². The third kappa shape index (κ3) is 2.17. The fourth-order valence-corrected chi connectivity index (χ4v) is 1.53. The first kappa shape index (κ1) is 11.3. The van der Waals surface area contributed by atoms with E-state index >= 15 is 0 Å². The van der Waals surface area contributed by atoms with Gasteiger partial charge in [0.15, 0.2) is 0 Å². The summed E-state index contributed by atoms with van der Waals surface area (Å²) in [5, 5.41) is 6.71. The fraction of sp³-hybridized carbons (Fsp3) is 0.750. The van der Waals surface area contributed by atoms with E-state index in [-0.39, 0.29) is 11.0 Å². The van der Waals surface area contributed by atoms with Crippen molar-refractivity contribution >= 4 is 5.71 Å². The Kier molecular flexibility index (Phi) is 2.51. The SMILES string of the molecule is C=C1CC(C(C)(C)C)=NN1C(C)(C)C. The van der Waals surface area contributed by atoms with Gasteiger partial charge in [0.2, 0.25) is 0 Å². The average Bonchev–Trinajstić information content (AvgIpc) is 2.27. The Morgan fingerprint density at radius 1 is 1.14 bits per heavy atom. The Bertz CT molecular complexity index is 274. The van der Waals surface area contributed by atoms with Crippen molar-refractivity contribution < 1.29 is 0 Å². The molecular weight excluding hydrogens is 172 g/mol. The van der Waals surface area contributed by atoms with Crippen LogP contribution in [0.4, 0.5) is 0 Å². The number of rotatable bonds is 0. The molecule has 0 aromatic heterocycles. The molecule has 1 rings (SSSR count). The van der Waals surface area contributed by atoms with Crippen molar-refractivity contribution in [2.45, 2.75) is 53.5 Å². The largest absolute Gasteiger partial charge is 0.265 e. The molecule has 1 heterocycles. The normalized spacial score (nSPS) is 18.9. The van der Waals surface area contributed by atoms with Crippen LogP contribution >= 0.6 is 0 Å². The molecule has 0 aliphatic carbocycles. The second kappa shape index (κ2) is 3.11. The summed E-state index contributed by atoms with van der Waals surface area (Å²) in [7, 11) is 0. The number of hydrogen-bond acceptors (Lipinski definition) is 2. The van der Waals surface area contributed by atoms with Crippen LogP contribution in [0.3, 0.4) is 0 Å². The van der Waals surface area contributed by atoms with Gasteiger partial charge in [-0.2, -0.15) is 5.10 Å². The molecule has 0 saturated heterocycles. The smallest absolute Gasteiger partial charge is 0.0546 e. The van der Waals surface area contributed by atoms with Gasteiger partial charge < -0.3 is 0 Å². The Labute approximate surface area is 87.7 Å². The highest BCUT2D eigenvalue weighted by atomic mass is 15.5. The van der Waals surface area contributed by atoms with Crippen molar-refractivity contribution in [1.82, 2.24) is 5.01 Å². The van der Waals surface area contributed by atoms with Crippen LogP contribution in [0.15, 0.2) is 17.4 Å². The lowest BCUT2D eigenvalue weighted by molar-refractivity contribution is 0.202. The van der Waals surface area contributed by atoms with Gasteiger partial charge in [0.05, 0.1) is 5.54 Å². The lowest BCUT2D eigenvalue weighted by atomic mass is 9.88. The van der Waals surface area contributed by atoms with Gasteiger partial charge in [0.1, 0.15) is 0 Å². The number of hydrogen-bond donors (Lipinski definition) is 0. The van der Waals surface area contributed by atoms with Crippen LogP contribution in [-0.4, -0.2) is 16.3 Å². The average molecular weight is 194 g/mol. The van der Waals surface area contributed by atoms with Gasteiger partial charge in [0.25, 0.3) is 0 Å². The predicted molar refractivity (Wildman–Crippen MR) is 62.2 cm³/mol. The van der Waals surface area contributed by atoms with E-state index < -0.39 is 0 Å². The first-order valence-corrected chi connectivity index (χ1v) is 5.18. The molecule has 0 unspecified atom stereocenters. The summed E-state index contributed by atoms with van der Waals surface area (Å²) in [4.78, 5) is 0. The maximum atomic E-state index is 4.66.